The highest BCUT2D eigenvalue weighted by molar-refractivity contribution is 5.75. The van der Waals surface area contributed by atoms with Crippen molar-refractivity contribution < 1.29 is 9.53 Å². The minimum absolute atomic E-state index is 0.0362. The molecule has 2 aromatic rings. The van der Waals surface area contributed by atoms with Crippen molar-refractivity contribution in [1.29, 1.82) is 0 Å². The number of para-hydroxylation sites is 1. The zero-order valence-corrected chi connectivity index (χ0v) is 13.0. The summed E-state index contributed by atoms with van der Waals surface area (Å²) >= 11 is 0. The molecule has 116 valence electrons. The number of hydrogen-bond acceptors (Lipinski definition) is 2. The van der Waals surface area contributed by atoms with E-state index in [1.807, 2.05) is 35.2 Å². The van der Waals surface area contributed by atoms with E-state index in [-0.39, 0.29) is 12.1 Å². The molecule has 0 spiro atoms. The molecule has 0 aliphatic carbocycles. The number of benzene rings is 1. The van der Waals surface area contributed by atoms with E-state index in [0.717, 1.165) is 24.4 Å². The molecule has 0 radical (unpaired) electrons. The average Bonchev–Trinajstić information content (AvgIpc) is 3.02. The maximum absolute atomic E-state index is 12.5. The van der Waals surface area contributed by atoms with Gasteiger partial charge in [0.25, 0.3) is 0 Å². The Morgan fingerprint density at radius 1 is 1.27 bits per heavy atom. The van der Waals surface area contributed by atoms with Gasteiger partial charge in [0.15, 0.2) is 0 Å². The summed E-state index contributed by atoms with van der Waals surface area (Å²) in [5.74, 6) is 0.795. The molecular formula is C17H21N3O2. The molecule has 0 fully saturated rings. The Morgan fingerprint density at radius 2 is 2.09 bits per heavy atom. The van der Waals surface area contributed by atoms with Gasteiger partial charge in [-0.15, -0.1) is 0 Å². The van der Waals surface area contributed by atoms with Gasteiger partial charge in [-0.3, -0.25) is 0 Å². The Hall–Kier alpha value is -2.43. The minimum Gasteiger partial charge on any atom is -0.496 e. The molecule has 1 atom stereocenters. The lowest BCUT2D eigenvalue weighted by Gasteiger charge is -2.34. The quantitative estimate of drug-likeness (QED) is 0.947. The van der Waals surface area contributed by atoms with Crippen molar-refractivity contribution in [2.24, 2.45) is 0 Å². The lowest BCUT2D eigenvalue weighted by molar-refractivity contribution is 0.162. The normalized spacial score (nSPS) is 17.0. The van der Waals surface area contributed by atoms with Crippen LogP contribution >= 0.6 is 0 Å². The standard InChI is InChI=1S/C17H21N3O2/c1-13-15-7-5-9-19(15)10-11-20(13)17(21)18-12-14-6-3-4-8-16(14)22-2/h3-9,13H,10-12H2,1-2H3,(H,18,21)/t13-/m0/s1. The fraction of sp³-hybridized carbons (Fsp3) is 0.353. The van der Waals surface area contributed by atoms with Gasteiger partial charge in [-0.05, 0) is 25.1 Å². The molecule has 0 saturated carbocycles. The molecule has 0 unspecified atom stereocenters. The highest BCUT2D eigenvalue weighted by atomic mass is 16.5. The van der Waals surface area contributed by atoms with Crippen LogP contribution in [0.5, 0.6) is 5.75 Å². The molecule has 3 rings (SSSR count). The number of nitrogens with zero attached hydrogens (tertiary/aromatic N) is 2. The zero-order chi connectivity index (χ0) is 15.5. The molecule has 22 heavy (non-hydrogen) atoms. The van der Waals surface area contributed by atoms with Gasteiger partial charge in [0.1, 0.15) is 5.75 Å². The third-order valence-electron chi connectivity index (χ3n) is 4.23. The number of urea groups is 1. The zero-order valence-electron chi connectivity index (χ0n) is 13.0. The van der Waals surface area contributed by atoms with Crippen molar-refractivity contribution in [3.05, 3.63) is 53.9 Å². The van der Waals surface area contributed by atoms with Gasteiger partial charge in [0, 0.05) is 37.1 Å². The third-order valence-corrected chi connectivity index (χ3v) is 4.23. The van der Waals surface area contributed by atoms with E-state index in [1.165, 1.54) is 5.69 Å². The van der Waals surface area contributed by atoms with Crippen molar-refractivity contribution in [2.75, 3.05) is 13.7 Å². The van der Waals surface area contributed by atoms with E-state index >= 15 is 0 Å². The summed E-state index contributed by atoms with van der Waals surface area (Å²) in [6.07, 6.45) is 2.07. The average molecular weight is 299 g/mol. The molecule has 1 aromatic heterocycles. The molecule has 2 heterocycles. The fourth-order valence-corrected chi connectivity index (χ4v) is 2.98. The van der Waals surface area contributed by atoms with Gasteiger partial charge in [-0.1, -0.05) is 18.2 Å². The van der Waals surface area contributed by atoms with Crippen molar-refractivity contribution in [1.82, 2.24) is 14.8 Å². The maximum Gasteiger partial charge on any atom is 0.318 e. The van der Waals surface area contributed by atoms with Crippen LogP contribution in [-0.4, -0.2) is 29.2 Å². The van der Waals surface area contributed by atoms with Crippen LogP contribution in [0.25, 0.3) is 0 Å². The van der Waals surface area contributed by atoms with Gasteiger partial charge >= 0.3 is 6.03 Å². The molecule has 1 aliphatic heterocycles. The molecule has 1 aliphatic rings. The second-order valence-corrected chi connectivity index (χ2v) is 5.47. The second-order valence-electron chi connectivity index (χ2n) is 5.47. The summed E-state index contributed by atoms with van der Waals surface area (Å²) in [5, 5.41) is 2.99. The molecular weight excluding hydrogens is 278 g/mol. The van der Waals surface area contributed by atoms with E-state index in [9.17, 15) is 4.79 Å². The molecule has 0 bridgehead atoms. The summed E-state index contributed by atoms with van der Waals surface area (Å²) in [6.45, 7) is 4.09. The van der Waals surface area contributed by atoms with Gasteiger partial charge in [-0.25, -0.2) is 4.79 Å². The lowest BCUT2D eigenvalue weighted by Crippen LogP contribution is -2.45. The highest BCUT2D eigenvalue weighted by Gasteiger charge is 2.27. The summed E-state index contributed by atoms with van der Waals surface area (Å²) in [4.78, 5) is 14.4. The number of carbonyl (C=O) groups excluding carboxylic acids is 1. The number of hydrogen-bond donors (Lipinski definition) is 1. The van der Waals surface area contributed by atoms with E-state index in [4.69, 9.17) is 4.74 Å². The highest BCUT2D eigenvalue weighted by Crippen LogP contribution is 2.25. The van der Waals surface area contributed by atoms with Crippen LogP contribution < -0.4 is 10.1 Å². The van der Waals surface area contributed by atoms with Crippen molar-refractivity contribution >= 4 is 6.03 Å². The SMILES string of the molecule is COc1ccccc1CNC(=O)N1CCn2cccc2[C@@H]1C. The van der Waals surface area contributed by atoms with Crippen molar-refractivity contribution in [3.63, 3.8) is 0 Å². The first-order chi connectivity index (χ1) is 10.7. The monoisotopic (exact) mass is 299 g/mol. The Balaban J connectivity index is 1.66. The number of rotatable bonds is 3. The first kappa shape index (κ1) is 14.5. The summed E-state index contributed by atoms with van der Waals surface area (Å²) in [5.41, 5.74) is 2.16. The summed E-state index contributed by atoms with van der Waals surface area (Å²) in [6, 6.07) is 11.9. The van der Waals surface area contributed by atoms with Gasteiger partial charge in [0.2, 0.25) is 0 Å². The number of carbonyl (C=O) groups is 1. The number of aromatic nitrogens is 1. The van der Waals surface area contributed by atoms with E-state index < -0.39 is 0 Å². The Bertz CT molecular complexity index is 665. The summed E-state index contributed by atoms with van der Waals surface area (Å²) in [7, 11) is 1.64. The van der Waals surface area contributed by atoms with Crippen LogP contribution in [0.1, 0.15) is 24.2 Å². The Kier molecular flexibility index (Phi) is 4.04. The van der Waals surface area contributed by atoms with Crippen LogP contribution in [-0.2, 0) is 13.1 Å². The first-order valence-electron chi connectivity index (χ1n) is 7.52. The molecule has 5 heteroatoms. The molecule has 5 nitrogen and oxygen atoms in total. The molecule has 0 saturated heterocycles. The van der Waals surface area contributed by atoms with Crippen LogP contribution in [0, 0.1) is 0 Å². The predicted octanol–water partition coefficient (Wildman–Crippen LogP) is 2.78. The van der Waals surface area contributed by atoms with Gasteiger partial charge in [-0.2, -0.15) is 0 Å². The second kappa shape index (κ2) is 6.13. The summed E-state index contributed by atoms with van der Waals surface area (Å²) < 4.78 is 7.52. The van der Waals surface area contributed by atoms with E-state index in [1.54, 1.807) is 7.11 Å². The van der Waals surface area contributed by atoms with Crippen LogP contribution in [0.15, 0.2) is 42.6 Å². The first-order valence-corrected chi connectivity index (χ1v) is 7.52. The van der Waals surface area contributed by atoms with Gasteiger partial charge in [0.05, 0.1) is 13.2 Å². The van der Waals surface area contributed by atoms with Crippen molar-refractivity contribution in [2.45, 2.75) is 26.1 Å². The van der Waals surface area contributed by atoms with Gasteiger partial charge < -0.3 is 19.5 Å². The predicted molar refractivity (Wildman–Crippen MR) is 84.8 cm³/mol. The minimum atomic E-state index is -0.0362. The maximum atomic E-state index is 12.5. The topological polar surface area (TPSA) is 46.5 Å². The van der Waals surface area contributed by atoms with E-state index in [0.29, 0.717) is 6.54 Å². The lowest BCUT2D eigenvalue weighted by atomic mass is 10.1. The Labute approximate surface area is 130 Å². The number of ether oxygens (including phenoxy) is 1. The largest absolute Gasteiger partial charge is 0.496 e. The Morgan fingerprint density at radius 3 is 2.91 bits per heavy atom. The number of amides is 2. The van der Waals surface area contributed by atoms with Crippen molar-refractivity contribution in [3.8, 4) is 5.75 Å². The van der Waals surface area contributed by atoms with Crippen LogP contribution in [0.4, 0.5) is 4.79 Å². The molecule has 1 aromatic carbocycles. The molecule has 1 N–H and O–H groups in total. The number of fused-ring (bicyclic) bond motifs is 1. The van der Waals surface area contributed by atoms with Crippen LogP contribution in [0.2, 0.25) is 0 Å². The molecule has 2 amide bonds. The smallest absolute Gasteiger partial charge is 0.318 e. The van der Waals surface area contributed by atoms with E-state index in [2.05, 4.69) is 29.1 Å². The third kappa shape index (κ3) is 2.66. The fourth-order valence-electron chi connectivity index (χ4n) is 2.98. The number of methoxy groups -OCH3 is 1. The van der Waals surface area contributed by atoms with Crippen LogP contribution in [0.3, 0.4) is 0 Å². The number of nitrogens with one attached hydrogen (secondary N) is 1.